The lowest BCUT2D eigenvalue weighted by molar-refractivity contribution is 0.102. The van der Waals surface area contributed by atoms with Crippen molar-refractivity contribution in [1.82, 2.24) is 24.8 Å². The van der Waals surface area contributed by atoms with E-state index in [2.05, 4.69) is 74.7 Å². The Balaban J connectivity index is 1.13. The van der Waals surface area contributed by atoms with Crippen LogP contribution in [0.5, 0.6) is 0 Å². The summed E-state index contributed by atoms with van der Waals surface area (Å²) < 4.78 is 0. The third-order valence-electron chi connectivity index (χ3n) is 8.00. The Morgan fingerprint density at radius 3 is 2.43 bits per heavy atom. The Morgan fingerprint density at radius 1 is 0.841 bits per heavy atom. The lowest BCUT2D eigenvalue weighted by Crippen LogP contribution is -2.43. The number of hydrogen-bond acceptors (Lipinski definition) is 7. The molecule has 0 radical (unpaired) electrons. The molecule has 0 saturated carbocycles. The largest absolute Gasteiger partial charge is 0.324 e. The number of carbonyl (C=O) groups excluding carboxylic acids is 1. The van der Waals surface area contributed by atoms with Gasteiger partial charge in [0.15, 0.2) is 0 Å². The lowest BCUT2D eigenvalue weighted by Gasteiger charge is -2.32. The van der Waals surface area contributed by atoms with E-state index in [9.17, 15) is 4.79 Å². The Morgan fingerprint density at radius 2 is 1.64 bits per heavy atom. The molecular formula is C36H37N7O. The van der Waals surface area contributed by atoms with Crippen LogP contribution < -0.4 is 10.6 Å². The van der Waals surface area contributed by atoms with Gasteiger partial charge in [0.05, 0.1) is 5.69 Å². The molecule has 8 heteroatoms. The minimum Gasteiger partial charge on any atom is -0.324 e. The number of likely N-dealkylation sites (N-methyl/N-ethyl adjacent to an activating group) is 1. The van der Waals surface area contributed by atoms with Gasteiger partial charge in [0.1, 0.15) is 0 Å². The smallest absolute Gasteiger partial charge is 0.255 e. The molecule has 0 atom stereocenters. The fourth-order valence-electron chi connectivity index (χ4n) is 5.33. The zero-order valence-electron chi connectivity index (χ0n) is 25.4. The molecule has 5 aromatic rings. The Bertz CT molecular complexity index is 1760. The van der Waals surface area contributed by atoms with Crippen LogP contribution in [0.4, 0.5) is 17.3 Å². The fraction of sp³-hybridized carbons (Fsp3) is 0.222. The van der Waals surface area contributed by atoms with Gasteiger partial charge in [-0.25, -0.2) is 9.97 Å². The highest BCUT2D eigenvalue weighted by Crippen LogP contribution is 2.27. The third-order valence-corrected chi connectivity index (χ3v) is 8.00. The summed E-state index contributed by atoms with van der Waals surface area (Å²) in [5.74, 6) is 0.316. The summed E-state index contributed by atoms with van der Waals surface area (Å²) in [4.78, 5) is 31.6. The van der Waals surface area contributed by atoms with Crippen molar-refractivity contribution in [2.75, 3.05) is 43.9 Å². The average molecular weight is 584 g/mol. The van der Waals surface area contributed by atoms with Crippen LogP contribution in [-0.4, -0.2) is 63.9 Å². The van der Waals surface area contributed by atoms with E-state index in [0.717, 1.165) is 66.4 Å². The first-order valence-corrected chi connectivity index (χ1v) is 14.9. The molecule has 1 aliphatic rings. The minimum atomic E-state index is -0.148. The van der Waals surface area contributed by atoms with E-state index in [-0.39, 0.29) is 5.91 Å². The Hall–Kier alpha value is -4.92. The molecule has 6 rings (SSSR count). The summed E-state index contributed by atoms with van der Waals surface area (Å²) in [7, 11) is 2.16. The second-order valence-electron chi connectivity index (χ2n) is 11.5. The molecule has 0 spiro atoms. The van der Waals surface area contributed by atoms with Crippen LogP contribution >= 0.6 is 0 Å². The molecule has 3 heterocycles. The van der Waals surface area contributed by atoms with Gasteiger partial charge in [-0.3, -0.25) is 14.7 Å². The maximum absolute atomic E-state index is 13.1. The van der Waals surface area contributed by atoms with E-state index in [0.29, 0.717) is 17.2 Å². The number of anilines is 3. The van der Waals surface area contributed by atoms with Gasteiger partial charge >= 0.3 is 0 Å². The van der Waals surface area contributed by atoms with Crippen LogP contribution in [0.2, 0.25) is 0 Å². The molecule has 0 unspecified atom stereocenters. The molecule has 2 aromatic heterocycles. The van der Waals surface area contributed by atoms with Crippen LogP contribution in [0.1, 0.15) is 27.0 Å². The molecule has 1 amide bonds. The summed E-state index contributed by atoms with van der Waals surface area (Å²) in [5, 5.41) is 6.37. The molecule has 3 aromatic carbocycles. The number of hydrogen-bond donors (Lipinski definition) is 2. The molecule has 1 aliphatic heterocycles. The number of benzene rings is 3. The molecule has 1 saturated heterocycles. The van der Waals surface area contributed by atoms with Crippen molar-refractivity contribution in [3.8, 4) is 22.4 Å². The highest BCUT2D eigenvalue weighted by atomic mass is 16.1. The van der Waals surface area contributed by atoms with Crippen molar-refractivity contribution in [2.24, 2.45) is 0 Å². The topological polar surface area (TPSA) is 86.3 Å². The van der Waals surface area contributed by atoms with Crippen LogP contribution in [0.15, 0.2) is 97.5 Å². The average Bonchev–Trinajstić information content (AvgIpc) is 3.04. The number of nitrogens with one attached hydrogen (secondary N) is 2. The third kappa shape index (κ3) is 7.16. The summed E-state index contributed by atoms with van der Waals surface area (Å²) in [6.45, 7) is 9.30. The molecule has 8 nitrogen and oxygen atoms in total. The normalized spacial score (nSPS) is 13.9. The quantitative estimate of drug-likeness (QED) is 0.214. The summed E-state index contributed by atoms with van der Waals surface area (Å²) in [6.07, 6.45) is 5.41. The predicted molar refractivity (Wildman–Crippen MR) is 177 cm³/mol. The maximum Gasteiger partial charge on any atom is 0.255 e. The van der Waals surface area contributed by atoms with Gasteiger partial charge in [-0.15, -0.1) is 0 Å². The Kier molecular flexibility index (Phi) is 8.72. The van der Waals surface area contributed by atoms with Crippen LogP contribution in [0, 0.1) is 13.8 Å². The molecular weight excluding hydrogens is 546 g/mol. The number of rotatable bonds is 8. The van der Waals surface area contributed by atoms with E-state index in [1.54, 1.807) is 6.20 Å². The number of aromatic nitrogens is 3. The van der Waals surface area contributed by atoms with Crippen molar-refractivity contribution in [2.45, 2.75) is 20.4 Å². The summed E-state index contributed by atoms with van der Waals surface area (Å²) >= 11 is 0. The molecule has 1 fully saturated rings. The number of aryl methyl sites for hydroxylation is 2. The first kappa shape index (κ1) is 29.2. The van der Waals surface area contributed by atoms with Gasteiger partial charge in [-0.05, 0) is 74.0 Å². The van der Waals surface area contributed by atoms with Gasteiger partial charge in [-0.2, -0.15) is 0 Å². The minimum absolute atomic E-state index is 0.148. The van der Waals surface area contributed by atoms with Gasteiger partial charge in [0.25, 0.3) is 5.91 Å². The number of amides is 1. The number of piperazine rings is 1. The van der Waals surface area contributed by atoms with Gasteiger partial charge in [0, 0.05) is 79.4 Å². The zero-order valence-corrected chi connectivity index (χ0v) is 25.4. The SMILES string of the molecule is Cc1cccc(-c2cncc(-c3ccnc(Nc4cc(NC(=O)c5ccc(CN6CCN(C)CC6)cc5)ccc4C)n3)c2)c1. The number of nitrogens with zero attached hydrogens (tertiary/aromatic N) is 5. The highest BCUT2D eigenvalue weighted by Gasteiger charge is 2.15. The van der Waals surface area contributed by atoms with Gasteiger partial charge in [-0.1, -0.05) is 48.0 Å². The second-order valence-corrected chi connectivity index (χ2v) is 11.5. The molecule has 44 heavy (non-hydrogen) atoms. The van der Waals surface area contributed by atoms with E-state index in [1.165, 1.54) is 11.1 Å². The first-order valence-electron chi connectivity index (χ1n) is 14.9. The van der Waals surface area contributed by atoms with Crippen LogP contribution in [-0.2, 0) is 6.54 Å². The molecule has 0 aliphatic carbocycles. The monoisotopic (exact) mass is 583 g/mol. The van der Waals surface area contributed by atoms with Crippen molar-refractivity contribution < 1.29 is 4.79 Å². The van der Waals surface area contributed by atoms with Crippen molar-refractivity contribution >= 4 is 23.2 Å². The second kappa shape index (κ2) is 13.2. The van der Waals surface area contributed by atoms with E-state index in [1.807, 2.05) is 67.8 Å². The van der Waals surface area contributed by atoms with Crippen molar-refractivity contribution in [1.29, 1.82) is 0 Å². The zero-order chi connectivity index (χ0) is 30.5. The van der Waals surface area contributed by atoms with Gasteiger partial charge < -0.3 is 15.5 Å². The van der Waals surface area contributed by atoms with Crippen molar-refractivity contribution in [3.05, 3.63) is 120 Å². The molecule has 2 N–H and O–H groups in total. The number of pyridine rings is 1. The van der Waals surface area contributed by atoms with Crippen LogP contribution in [0.3, 0.4) is 0 Å². The maximum atomic E-state index is 13.1. The molecule has 0 bridgehead atoms. The number of carbonyl (C=O) groups is 1. The summed E-state index contributed by atoms with van der Waals surface area (Å²) in [6, 6.07) is 26.0. The van der Waals surface area contributed by atoms with Crippen LogP contribution in [0.25, 0.3) is 22.4 Å². The molecule has 222 valence electrons. The van der Waals surface area contributed by atoms with Crippen molar-refractivity contribution in [3.63, 3.8) is 0 Å². The Labute approximate surface area is 258 Å². The standard InChI is InChI=1S/C36H37N7O/c1-25-5-4-6-29(19-25)30-20-31(23-37-22-30)33-13-14-38-36(40-33)41-34-21-32(12-7-26(34)2)39-35(44)28-10-8-27(9-11-28)24-43-17-15-42(3)16-18-43/h4-14,19-23H,15-18,24H2,1-3H3,(H,39,44)(H,38,40,41). The van der Waals surface area contributed by atoms with E-state index in [4.69, 9.17) is 4.98 Å². The first-order chi connectivity index (χ1) is 21.4. The van der Waals surface area contributed by atoms with E-state index < -0.39 is 0 Å². The van der Waals surface area contributed by atoms with E-state index >= 15 is 0 Å². The summed E-state index contributed by atoms with van der Waals surface area (Å²) in [5.41, 5.74) is 9.37. The highest BCUT2D eigenvalue weighted by molar-refractivity contribution is 6.04. The lowest BCUT2D eigenvalue weighted by atomic mass is 10.0. The fourth-order valence-corrected chi connectivity index (χ4v) is 5.33. The predicted octanol–water partition coefficient (Wildman–Crippen LogP) is 6.57. The van der Waals surface area contributed by atoms with Gasteiger partial charge in [0.2, 0.25) is 5.95 Å².